The number of non-ortho nitro benzene ring substituents is 1. The minimum atomic E-state index is -0.496. The van der Waals surface area contributed by atoms with Crippen LogP contribution >= 0.6 is 0 Å². The second kappa shape index (κ2) is 8.97. The third-order valence-corrected chi connectivity index (χ3v) is 4.62. The van der Waals surface area contributed by atoms with Crippen LogP contribution in [-0.2, 0) is 0 Å². The Morgan fingerprint density at radius 2 is 1.03 bits per heavy atom. The number of nitro benzene ring substituents is 2. The van der Waals surface area contributed by atoms with Crippen LogP contribution in [-0.4, -0.2) is 9.85 Å². The van der Waals surface area contributed by atoms with Crippen molar-refractivity contribution in [3.05, 3.63) is 117 Å². The van der Waals surface area contributed by atoms with Crippen LogP contribution in [0, 0.1) is 20.2 Å². The van der Waals surface area contributed by atoms with E-state index in [-0.39, 0.29) is 17.1 Å². The van der Waals surface area contributed by atoms with Gasteiger partial charge in [-0.1, -0.05) is 48.5 Å². The number of ether oxygens (including phenoxy) is 2. The summed E-state index contributed by atoms with van der Waals surface area (Å²) < 4.78 is 11.9. The number of nitrogens with zero attached hydrogens (tertiary/aromatic N) is 2. The van der Waals surface area contributed by atoms with Crippen molar-refractivity contribution in [3.8, 4) is 34.1 Å². The number of hydrogen-bond acceptors (Lipinski definition) is 6. The average molecular weight is 428 g/mol. The fourth-order valence-electron chi connectivity index (χ4n) is 3.13. The molecule has 0 unspecified atom stereocenters. The number of hydrogen-bond donors (Lipinski definition) is 0. The van der Waals surface area contributed by atoms with Crippen molar-refractivity contribution in [2.75, 3.05) is 0 Å². The fraction of sp³-hybridized carbons (Fsp3) is 0. The van der Waals surface area contributed by atoms with Gasteiger partial charge in [-0.3, -0.25) is 20.2 Å². The molecule has 0 aliphatic heterocycles. The highest BCUT2D eigenvalue weighted by atomic mass is 16.6. The molecular formula is C24H16N2O6. The van der Waals surface area contributed by atoms with E-state index in [0.717, 1.165) is 0 Å². The van der Waals surface area contributed by atoms with Gasteiger partial charge in [0, 0.05) is 29.3 Å². The normalized spacial score (nSPS) is 10.4. The molecule has 0 amide bonds. The van der Waals surface area contributed by atoms with Gasteiger partial charge in [-0.05, 0) is 30.3 Å². The Bertz CT molecular complexity index is 1290. The summed E-state index contributed by atoms with van der Waals surface area (Å²) in [5, 5.41) is 22.2. The molecule has 8 nitrogen and oxygen atoms in total. The van der Waals surface area contributed by atoms with Gasteiger partial charge in [-0.25, -0.2) is 0 Å². The van der Waals surface area contributed by atoms with Crippen LogP contribution in [0.25, 0.3) is 11.1 Å². The van der Waals surface area contributed by atoms with Gasteiger partial charge in [0.15, 0.2) is 0 Å². The Kier molecular flexibility index (Phi) is 5.76. The molecule has 8 heteroatoms. The molecule has 0 N–H and O–H groups in total. The maximum atomic E-state index is 11.4. The molecule has 4 aromatic carbocycles. The summed E-state index contributed by atoms with van der Waals surface area (Å²) >= 11 is 0. The van der Waals surface area contributed by atoms with Crippen molar-refractivity contribution in [1.82, 2.24) is 0 Å². The molecule has 0 atom stereocenters. The maximum absolute atomic E-state index is 11.4. The molecule has 0 spiro atoms. The van der Waals surface area contributed by atoms with Crippen molar-refractivity contribution >= 4 is 11.4 Å². The molecule has 0 aliphatic rings. The van der Waals surface area contributed by atoms with E-state index >= 15 is 0 Å². The second-order valence-corrected chi connectivity index (χ2v) is 6.67. The Morgan fingerprint density at radius 1 is 0.531 bits per heavy atom. The molecule has 0 heterocycles. The Labute approximate surface area is 182 Å². The van der Waals surface area contributed by atoms with Crippen molar-refractivity contribution in [2.24, 2.45) is 0 Å². The molecule has 4 rings (SSSR count). The van der Waals surface area contributed by atoms with Crippen molar-refractivity contribution < 1.29 is 19.3 Å². The van der Waals surface area contributed by atoms with Gasteiger partial charge in [0.25, 0.3) is 5.69 Å². The lowest BCUT2D eigenvalue weighted by Gasteiger charge is -2.15. The lowest BCUT2D eigenvalue weighted by molar-refractivity contribution is -0.385. The summed E-state index contributed by atoms with van der Waals surface area (Å²) in [4.78, 5) is 21.3. The predicted octanol–water partition coefficient (Wildman–Crippen LogP) is 6.75. The highest BCUT2D eigenvalue weighted by Gasteiger charge is 2.18. The SMILES string of the molecule is O=[N+]([O-])c1ccc(Oc2ccccc2-c2ccccc2Oc2ccccc2[N+](=O)[O-])cc1. The van der Waals surface area contributed by atoms with Crippen LogP contribution in [0.15, 0.2) is 97.1 Å². The summed E-state index contributed by atoms with van der Waals surface area (Å²) in [6.45, 7) is 0. The number of benzene rings is 4. The summed E-state index contributed by atoms with van der Waals surface area (Å²) in [5.74, 6) is 1.47. The van der Waals surface area contributed by atoms with Gasteiger partial charge in [-0.15, -0.1) is 0 Å². The van der Waals surface area contributed by atoms with Crippen LogP contribution < -0.4 is 9.47 Å². The molecule has 0 aromatic heterocycles. The first-order valence-corrected chi connectivity index (χ1v) is 9.55. The zero-order valence-electron chi connectivity index (χ0n) is 16.6. The van der Waals surface area contributed by atoms with Gasteiger partial charge < -0.3 is 9.47 Å². The first-order valence-electron chi connectivity index (χ1n) is 9.55. The second-order valence-electron chi connectivity index (χ2n) is 6.67. The van der Waals surface area contributed by atoms with Gasteiger partial charge >= 0.3 is 5.69 Å². The highest BCUT2D eigenvalue weighted by Crippen LogP contribution is 2.41. The van der Waals surface area contributed by atoms with Gasteiger partial charge in [0.2, 0.25) is 5.75 Å². The van der Waals surface area contributed by atoms with Crippen LogP contribution in [0.2, 0.25) is 0 Å². The molecule has 0 radical (unpaired) electrons. The Hall–Kier alpha value is -4.72. The van der Waals surface area contributed by atoms with E-state index in [1.165, 1.54) is 36.4 Å². The molecule has 0 saturated heterocycles. The molecule has 0 saturated carbocycles. The van der Waals surface area contributed by atoms with Crippen LogP contribution in [0.3, 0.4) is 0 Å². The molecule has 32 heavy (non-hydrogen) atoms. The summed E-state index contributed by atoms with van der Waals surface area (Å²) in [6.07, 6.45) is 0. The topological polar surface area (TPSA) is 105 Å². The van der Waals surface area contributed by atoms with E-state index in [9.17, 15) is 20.2 Å². The van der Waals surface area contributed by atoms with Gasteiger partial charge in [-0.2, -0.15) is 0 Å². The number of rotatable bonds is 7. The van der Waals surface area contributed by atoms with E-state index in [1.54, 1.807) is 36.4 Å². The molecule has 4 aromatic rings. The third-order valence-electron chi connectivity index (χ3n) is 4.62. The van der Waals surface area contributed by atoms with E-state index in [2.05, 4.69) is 0 Å². The minimum absolute atomic E-state index is 0.0335. The lowest BCUT2D eigenvalue weighted by atomic mass is 10.0. The van der Waals surface area contributed by atoms with E-state index in [0.29, 0.717) is 28.4 Å². The number of para-hydroxylation sites is 4. The zero-order chi connectivity index (χ0) is 22.5. The Balaban J connectivity index is 1.70. The maximum Gasteiger partial charge on any atom is 0.311 e. The summed E-state index contributed by atoms with van der Waals surface area (Å²) in [7, 11) is 0. The molecule has 0 aliphatic carbocycles. The lowest BCUT2D eigenvalue weighted by Crippen LogP contribution is -1.95. The first-order chi connectivity index (χ1) is 15.5. The van der Waals surface area contributed by atoms with E-state index in [4.69, 9.17) is 9.47 Å². The molecule has 158 valence electrons. The average Bonchev–Trinajstić information content (AvgIpc) is 2.80. The molecule has 0 fully saturated rings. The third kappa shape index (κ3) is 4.39. The zero-order valence-corrected chi connectivity index (χ0v) is 16.6. The number of nitro groups is 2. The van der Waals surface area contributed by atoms with Crippen LogP contribution in [0.4, 0.5) is 11.4 Å². The van der Waals surface area contributed by atoms with Gasteiger partial charge in [0.1, 0.15) is 17.2 Å². The van der Waals surface area contributed by atoms with E-state index < -0.39 is 9.85 Å². The highest BCUT2D eigenvalue weighted by molar-refractivity contribution is 5.76. The molecular weight excluding hydrogens is 412 g/mol. The van der Waals surface area contributed by atoms with Gasteiger partial charge in [0.05, 0.1) is 9.85 Å². The molecule has 0 bridgehead atoms. The summed E-state index contributed by atoms with van der Waals surface area (Å²) in [5.41, 5.74) is 1.19. The van der Waals surface area contributed by atoms with E-state index in [1.807, 2.05) is 24.3 Å². The minimum Gasteiger partial charge on any atom is -0.457 e. The monoisotopic (exact) mass is 428 g/mol. The Morgan fingerprint density at radius 3 is 1.59 bits per heavy atom. The van der Waals surface area contributed by atoms with Crippen LogP contribution in [0.1, 0.15) is 0 Å². The predicted molar refractivity (Wildman–Crippen MR) is 118 cm³/mol. The van der Waals surface area contributed by atoms with Crippen molar-refractivity contribution in [2.45, 2.75) is 0 Å². The van der Waals surface area contributed by atoms with Crippen LogP contribution in [0.5, 0.6) is 23.0 Å². The van der Waals surface area contributed by atoms with Crippen molar-refractivity contribution in [1.29, 1.82) is 0 Å². The first kappa shape index (κ1) is 20.5. The fourth-order valence-corrected chi connectivity index (χ4v) is 3.13. The summed E-state index contributed by atoms with van der Waals surface area (Å²) in [6, 6.07) is 26.3. The quantitative estimate of drug-likeness (QED) is 0.238. The standard InChI is InChI=1S/C24H16N2O6/c27-25(28)17-13-15-18(16-14-17)31-22-10-4-1-7-19(22)20-8-2-5-11-23(20)32-24-12-6-3-9-21(24)26(29)30/h1-16H. The smallest absolute Gasteiger partial charge is 0.311 e. The largest absolute Gasteiger partial charge is 0.457 e. The van der Waals surface area contributed by atoms with Crippen molar-refractivity contribution in [3.63, 3.8) is 0 Å².